The van der Waals surface area contributed by atoms with Crippen molar-refractivity contribution in [1.29, 1.82) is 0 Å². The fourth-order valence-corrected chi connectivity index (χ4v) is 1.91. The Kier molecular flexibility index (Phi) is 5.83. The number of hydrogen-bond acceptors (Lipinski definition) is 5. The third-order valence-electron chi connectivity index (χ3n) is 3.34. The Labute approximate surface area is 140 Å². The van der Waals surface area contributed by atoms with E-state index in [-0.39, 0.29) is 17.9 Å². The second-order valence-corrected chi connectivity index (χ2v) is 5.43. The highest BCUT2D eigenvalue weighted by molar-refractivity contribution is 5.92. The van der Waals surface area contributed by atoms with Gasteiger partial charge in [-0.25, -0.2) is 9.97 Å². The van der Waals surface area contributed by atoms with Crippen LogP contribution in [0.25, 0.3) is 0 Å². The first kappa shape index (κ1) is 17.4. The molecule has 126 valence electrons. The van der Waals surface area contributed by atoms with Gasteiger partial charge in [-0.15, -0.1) is 0 Å². The van der Waals surface area contributed by atoms with Crippen LogP contribution in [0.5, 0.6) is 0 Å². The lowest BCUT2D eigenvalue weighted by atomic mass is 10.2. The van der Waals surface area contributed by atoms with Gasteiger partial charge in [-0.05, 0) is 43.7 Å². The molecule has 2 aromatic rings. The molecule has 1 heterocycles. The van der Waals surface area contributed by atoms with Crippen molar-refractivity contribution in [3.8, 4) is 0 Å². The van der Waals surface area contributed by atoms with Crippen molar-refractivity contribution in [2.75, 3.05) is 10.6 Å². The largest absolute Gasteiger partial charge is 0.348 e. The second kappa shape index (κ2) is 8.05. The standard InChI is InChI=1S/C17H21N5O2/c1-4-11(2)19-16(24)15-9-10-18-17(22-15)21-14-7-5-13(6-8-14)20-12(3)23/h5-11H,4H2,1-3H3,(H,19,24)(H,20,23)(H,18,21,22). The van der Waals surface area contributed by atoms with Crippen LogP contribution in [0.15, 0.2) is 36.5 Å². The number of rotatable bonds is 6. The number of anilines is 3. The summed E-state index contributed by atoms with van der Waals surface area (Å²) in [7, 11) is 0. The fourth-order valence-electron chi connectivity index (χ4n) is 1.91. The molecule has 0 aliphatic heterocycles. The van der Waals surface area contributed by atoms with Gasteiger partial charge >= 0.3 is 0 Å². The second-order valence-electron chi connectivity index (χ2n) is 5.43. The summed E-state index contributed by atoms with van der Waals surface area (Å²) >= 11 is 0. The van der Waals surface area contributed by atoms with E-state index < -0.39 is 0 Å². The highest BCUT2D eigenvalue weighted by atomic mass is 16.2. The number of benzene rings is 1. The van der Waals surface area contributed by atoms with Gasteiger partial charge in [0.2, 0.25) is 11.9 Å². The van der Waals surface area contributed by atoms with Crippen molar-refractivity contribution in [2.45, 2.75) is 33.2 Å². The Hall–Kier alpha value is -2.96. The molecule has 1 aromatic carbocycles. The average Bonchev–Trinajstić information content (AvgIpc) is 2.56. The summed E-state index contributed by atoms with van der Waals surface area (Å²) in [6, 6.07) is 8.78. The van der Waals surface area contributed by atoms with Crippen molar-refractivity contribution in [1.82, 2.24) is 15.3 Å². The van der Waals surface area contributed by atoms with Crippen molar-refractivity contribution < 1.29 is 9.59 Å². The Morgan fingerprint density at radius 1 is 1.12 bits per heavy atom. The highest BCUT2D eigenvalue weighted by Crippen LogP contribution is 2.16. The molecule has 24 heavy (non-hydrogen) atoms. The van der Waals surface area contributed by atoms with E-state index in [1.54, 1.807) is 30.3 Å². The normalized spacial score (nSPS) is 11.5. The monoisotopic (exact) mass is 327 g/mol. The van der Waals surface area contributed by atoms with Crippen molar-refractivity contribution >= 4 is 29.1 Å². The molecule has 7 heteroatoms. The number of carbonyl (C=O) groups is 2. The topological polar surface area (TPSA) is 96.0 Å². The van der Waals surface area contributed by atoms with Gasteiger partial charge in [-0.2, -0.15) is 0 Å². The molecular weight excluding hydrogens is 306 g/mol. The van der Waals surface area contributed by atoms with Crippen molar-refractivity contribution in [3.05, 3.63) is 42.2 Å². The minimum atomic E-state index is -0.226. The van der Waals surface area contributed by atoms with Crippen LogP contribution in [0.1, 0.15) is 37.7 Å². The minimum absolute atomic E-state index is 0.0881. The molecule has 0 aliphatic carbocycles. The van der Waals surface area contributed by atoms with Crippen LogP contribution < -0.4 is 16.0 Å². The number of hydrogen-bond donors (Lipinski definition) is 3. The predicted molar refractivity (Wildman–Crippen MR) is 93.3 cm³/mol. The Bertz CT molecular complexity index is 715. The van der Waals surface area contributed by atoms with E-state index in [0.717, 1.165) is 12.1 Å². The van der Waals surface area contributed by atoms with E-state index in [1.165, 1.54) is 13.1 Å². The van der Waals surface area contributed by atoms with Crippen LogP contribution in [0.4, 0.5) is 17.3 Å². The fraction of sp³-hybridized carbons (Fsp3) is 0.294. The molecule has 0 saturated heterocycles. The van der Waals surface area contributed by atoms with E-state index in [4.69, 9.17) is 0 Å². The molecule has 7 nitrogen and oxygen atoms in total. The first-order chi connectivity index (χ1) is 11.5. The summed E-state index contributed by atoms with van der Waals surface area (Å²) < 4.78 is 0. The molecule has 1 aromatic heterocycles. The summed E-state index contributed by atoms with van der Waals surface area (Å²) in [5.41, 5.74) is 1.77. The molecular formula is C17H21N5O2. The summed E-state index contributed by atoms with van der Waals surface area (Å²) in [5, 5.41) is 8.59. The lowest BCUT2D eigenvalue weighted by molar-refractivity contribution is -0.114. The van der Waals surface area contributed by atoms with E-state index in [9.17, 15) is 9.59 Å². The molecule has 1 atom stereocenters. The van der Waals surface area contributed by atoms with Gasteiger partial charge < -0.3 is 16.0 Å². The molecule has 2 amide bonds. The van der Waals surface area contributed by atoms with Crippen LogP contribution in [-0.4, -0.2) is 27.8 Å². The van der Waals surface area contributed by atoms with Gasteiger partial charge in [0, 0.05) is 30.5 Å². The summed E-state index contributed by atoms with van der Waals surface area (Å²) in [6.45, 7) is 5.40. The van der Waals surface area contributed by atoms with Crippen LogP contribution in [0.2, 0.25) is 0 Å². The molecule has 0 spiro atoms. The average molecular weight is 327 g/mol. The zero-order chi connectivity index (χ0) is 17.5. The third-order valence-corrected chi connectivity index (χ3v) is 3.34. The SMILES string of the molecule is CCC(C)NC(=O)c1ccnc(Nc2ccc(NC(C)=O)cc2)n1. The van der Waals surface area contributed by atoms with Crippen molar-refractivity contribution in [3.63, 3.8) is 0 Å². The Balaban J connectivity index is 2.06. The maximum Gasteiger partial charge on any atom is 0.270 e. The number of amides is 2. The van der Waals surface area contributed by atoms with Crippen LogP contribution in [-0.2, 0) is 4.79 Å². The van der Waals surface area contributed by atoms with E-state index in [2.05, 4.69) is 25.9 Å². The molecule has 0 fully saturated rings. The summed E-state index contributed by atoms with van der Waals surface area (Å²) in [5.74, 6) is -0.0195. The molecule has 2 rings (SSSR count). The minimum Gasteiger partial charge on any atom is -0.348 e. The number of nitrogens with one attached hydrogen (secondary N) is 3. The number of nitrogens with zero attached hydrogens (tertiary/aromatic N) is 2. The Morgan fingerprint density at radius 2 is 1.79 bits per heavy atom. The third kappa shape index (κ3) is 5.05. The molecule has 0 radical (unpaired) electrons. The smallest absolute Gasteiger partial charge is 0.270 e. The zero-order valence-corrected chi connectivity index (χ0v) is 14.0. The van der Waals surface area contributed by atoms with Crippen LogP contribution >= 0.6 is 0 Å². The molecule has 0 bridgehead atoms. The van der Waals surface area contributed by atoms with E-state index in [1.807, 2.05) is 13.8 Å². The van der Waals surface area contributed by atoms with Crippen molar-refractivity contribution in [2.24, 2.45) is 0 Å². The van der Waals surface area contributed by atoms with E-state index >= 15 is 0 Å². The molecule has 0 saturated carbocycles. The van der Waals surface area contributed by atoms with Gasteiger partial charge in [0.25, 0.3) is 5.91 Å². The first-order valence-electron chi connectivity index (χ1n) is 7.76. The maximum atomic E-state index is 12.1. The maximum absolute atomic E-state index is 12.1. The summed E-state index contributed by atoms with van der Waals surface area (Å²) in [6.07, 6.45) is 2.38. The quantitative estimate of drug-likeness (QED) is 0.758. The first-order valence-corrected chi connectivity index (χ1v) is 7.76. The molecule has 3 N–H and O–H groups in total. The van der Waals surface area contributed by atoms with Gasteiger partial charge in [-0.3, -0.25) is 9.59 Å². The molecule has 1 unspecified atom stereocenters. The zero-order valence-electron chi connectivity index (χ0n) is 14.0. The van der Waals surface area contributed by atoms with Gasteiger partial charge in [-0.1, -0.05) is 6.92 Å². The van der Waals surface area contributed by atoms with Gasteiger partial charge in [0.1, 0.15) is 5.69 Å². The summed E-state index contributed by atoms with van der Waals surface area (Å²) in [4.78, 5) is 31.4. The highest BCUT2D eigenvalue weighted by Gasteiger charge is 2.11. The van der Waals surface area contributed by atoms with E-state index in [0.29, 0.717) is 17.3 Å². The van der Waals surface area contributed by atoms with Crippen LogP contribution in [0.3, 0.4) is 0 Å². The lowest BCUT2D eigenvalue weighted by Gasteiger charge is -2.11. The van der Waals surface area contributed by atoms with Gasteiger partial charge in [0.05, 0.1) is 0 Å². The number of aromatic nitrogens is 2. The Morgan fingerprint density at radius 3 is 2.42 bits per heavy atom. The molecule has 0 aliphatic rings. The predicted octanol–water partition coefficient (Wildman–Crippen LogP) is 2.71. The van der Waals surface area contributed by atoms with Gasteiger partial charge in [0.15, 0.2) is 0 Å². The number of carbonyl (C=O) groups excluding carboxylic acids is 2. The lowest BCUT2D eigenvalue weighted by Crippen LogP contribution is -2.32. The van der Waals surface area contributed by atoms with Crippen LogP contribution in [0, 0.1) is 0 Å².